The summed E-state index contributed by atoms with van der Waals surface area (Å²) in [6.45, 7) is 3.54. The van der Waals surface area contributed by atoms with Crippen LogP contribution in [0.2, 0.25) is 5.02 Å². The number of aromatic nitrogens is 1. The summed E-state index contributed by atoms with van der Waals surface area (Å²) in [5.41, 5.74) is 4.41. The highest BCUT2D eigenvalue weighted by molar-refractivity contribution is 6.33. The minimum atomic E-state index is -0.482. The summed E-state index contributed by atoms with van der Waals surface area (Å²) < 4.78 is 13.4. The van der Waals surface area contributed by atoms with Gasteiger partial charge in [-0.25, -0.2) is 4.39 Å². The fourth-order valence-electron chi connectivity index (χ4n) is 6.29. The van der Waals surface area contributed by atoms with Crippen LogP contribution in [0.4, 0.5) is 10.1 Å². The topological polar surface area (TPSA) is 65.5 Å². The summed E-state index contributed by atoms with van der Waals surface area (Å²) >= 11 is 6.09. The van der Waals surface area contributed by atoms with E-state index in [1.807, 2.05) is 35.5 Å². The van der Waals surface area contributed by atoms with Crippen LogP contribution in [0.15, 0.2) is 60.9 Å². The molecule has 3 aromatic rings. The Kier molecular flexibility index (Phi) is 6.56. The molecule has 1 N–H and O–H groups in total. The monoisotopic (exact) mass is 532 g/mol. The first kappa shape index (κ1) is 24.9. The van der Waals surface area contributed by atoms with E-state index in [-0.39, 0.29) is 33.9 Å². The maximum absolute atomic E-state index is 13.6. The van der Waals surface area contributed by atoms with Crippen LogP contribution in [0.25, 0.3) is 0 Å². The summed E-state index contributed by atoms with van der Waals surface area (Å²) in [7, 11) is 0. The summed E-state index contributed by atoms with van der Waals surface area (Å²) in [6.07, 6.45) is 8.42. The summed E-state index contributed by atoms with van der Waals surface area (Å²) in [5, 5.41) is 3.11. The smallest absolute Gasteiger partial charge is 0.253 e. The highest BCUT2D eigenvalue weighted by Gasteiger charge is 2.42. The van der Waals surface area contributed by atoms with E-state index in [0.29, 0.717) is 5.56 Å². The Labute approximate surface area is 226 Å². The number of benzene rings is 2. The van der Waals surface area contributed by atoms with Crippen molar-refractivity contribution in [2.24, 2.45) is 5.41 Å². The third kappa shape index (κ3) is 4.75. The minimum absolute atomic E-state index is 0.0554. The van der Waals surface area contributed by atoms with Crippen LogP contribution in [-0.2, 0) is 6.42 Å². The highest BCUT2D eigenvalue weighted by Crippen LogP contribution is 2.42. The Morgan fingerprint density at radius 1 is 1.00 bits per heavy atom. The Morgan fingerprint density at radius 3 is 2.53 bits per heavy atom. The zero-order valence-electron chi connectivity index (χ0n) is 21.1. The molecule has 6 rings (SSSR count). The van der Waals surface area contributed by atoms with E-state index in [9.17, 15) is 14.0 Å². The molecule has 1 unspecified atom stereocenters. The van der Waals surface area contributed by atoms with Gasteiger partial charge in [0.15, 0.2) is 0 Å². The molecule has 0 bridgehead atoms. The number of carbonyl (C=O) groups is 2. The van der Waals surface area contributed by atoms with E-state index in [1.165, 1.54) is 17.8 Å². The lowest BCUT2D eigenvalue weighted by Crippen LogP contribution is -2.42. The van der Waals surface area contributed by atoms with Gasteiger partial charge in [-0.1, -0.05) is 17.7 Å². The standard InChI is InChI=1S/C30H30ClFN4O2/c31-26-18-22(32)4-5-24(26)28(37)34-27-6-3-20-1-2-21(17-25(20)27)29(38)36-16-11-30(19-36)9-14-35(15-10-30)23-7-12-33-13-8-23/h1-2,4-5,7-8,12-13,17-18,27H,3,6,9-11,14-16,19H2,(H,34,37). The predicted octanol–water partition coefficient (Wildman–Crippen LogP) is 5.42. The van der Waals surface area contributed by atoms with Gasteiger partial charge in [0.1, 0.15) is 5.82 Å². The number of amides is 2. The van der Waals surface area contributed by atoms with E-state index in [0.717, 1.165) is 75.5 Å². The molecule has 2 aromatic carbocycles. The molecule has 3 heterocycles. The van der Waals surface area contributed by atoms with Crippen molar-refractivity contribution >= 4 is 29.1 Å². The second-order valence-electron chi connectivity index (χ2n) is 10.8. The van der Waals surface area contributed by atoms with Crippen LogP contribution >= 0.6 is 11.6 Å². The first-order chi connectivity index (χ1) is 18.4. The van der Waals surface area contributed by atoms with Gasteiger partial charge in [0, 0.05) is 49.8 Å². The number of likely N-dealkylation sites (tertiary alicyclic amines) is 1. The third-order valence-corrected chi connectivity index (χ3v) is 8.84. The molecule has 1 atom stereocenters. The third-order valence-electron chi connectivity index (χ3n) is 8.53. The number of aryl methyl sites for hydroxylation is 1. The number of piperidine rings is 1. The molecule has 3 aliphatic rings. The summed E-state index contributed by atoms with van der Waals surface area (Å²) in [5.74, 6) is -0.770. The van der Waals surface area contributed by atoms with E-state index in [4.69, 9.17) is 11.6 Å². The Balaban J connectivity index is 1.12. The van der Waals surface area contributed by atoms with Crippen molar-refractivity contribution in [3.05, 3.63) is 94.0 Å². The average molecular weight is 533 g/mol. The van der Waals surface area contributed by atoms with Gasteiger partial charge >= 0.3 is 0 Å². The number of rotatable bonds is 4. The predicted molar refractivity (Wildman–Crippen MR) is 145 cm³/mol. The second kappa shape index (κ2) is 10.0. The van der Waals surface area contributed by atoms with Crippen molar-refractivity contribution in [3.8, 4) is 0 Å². The number of carbonyl (C=O) groups excluding carboxylic acids is 2. The van der Waals surface area contributed by atoms with E-state index < -0.39 is 5.82 Å². The quantitative estimate of drug-likeness (QED) is 0.487. The van der Waals surface area contributed by atoms with Gasteiger partial charge < -0.3 is 15.1 Å². The van der Waals surface area contributed by atoms with Gasteiger partial charge in [-0.15, -0.1) is 0 Å². The SMILES string of the molecule is O=C(NC1CCc2ccc(C(=O)N3CCC4(CCN(c5ccncc5)CC4)C3)cc21)c1ccc(F)cc1Cl. The van der Waals surface area contributed by atoms with Crippen LogP contribution in [0.1, 0.15) is 63.6 Å². The number of fused-ring (bicyclic) bond motifs is 1. The second-order valence-corrected chi connectivity index (χ2v) is 11.2. The minimum Gasteiger partial charge on any atom is -0.371 e. The van der Waals surface area contributed by atoms with Crippen LogP contribution in [-0.4, -0.2) is 47.9 Å². The molecular formula is C30H30ClFN4O2. The normalized spacial score (nSPS) is 20.0. The molecule has 0 radical (unpaired) electrons. The number of hydrogen-bond donors (Lipinski definition) is 1. The lowest BCUT2D eigenvalue weighted by Gasteiger charge is -2.40. The zero-order valence-corrected chi connectivity index (χ0v) is 21.9. The molecular weight excluding hydrogens is 503 g/mol. The van der Waals surface area contributed by atoms with Crippen molar-refractivity contribution < 1.29 is 14.0 Å². The Bertz CT molecular complexity index is 1370. The fourth-order valence-corrected chi connectivity index (χ4v) is 6.54. The molecule has 2 aliphatic heterocycles. The van der Waals surface area contributed by atoms with E-state index >= 15 is 0 Å². The highest BCUT2D eigenvalue weighted by atomic mass is 35.5. The first-order valence-corrected chi connectivity index (χ1v) is 13.6. The number of halogens is 2. The largest absolute Gasteiger partial charge is 0.371 e. The van der Waals surface area contributed by atoms with Crippen molar-refractivity contribution in [2.75, 3.05) is 31.1 Å². The molecule has 2 saturated heterocycles. The van der Waals surface area contributed by atoms with Gasteiger partial charge in [-0.2, -0.15) is 0 Å². The maximum Gasteiger partial charge on any atom is 0.253 e. The summed E-state index contributed by atoms with van der Waals surface area (Å²) in [4.78, 5) is 34.9. The number of anilines is 1. The van der Waals surface area contributed by atoms with Crippen LogP contribution in [0, 0.1) is 11.2 Å². The molecule has 196 valence electrons. The molecule has 2 amide bonds. The van der Waals surface area contributed by atoms with Crippen LogP contribution in [0.3, 0.4) is 0 Å². The van der Waals surface area contributed by atoms with Crippen LogP contribution < -0.4 is 10.2 Å². The maximum atomic E-state index is 13.6. The van der Waals surface area contributed by atoms with E-state index in [2.05, 4.69) is 27.3 Å². The number of hydrogen-bond acceptors (Lipinski definition) is 4. The molecule has 1 aromatic heterocycles. The molecule has 1 aliphatic carbocycles. The number of nitrogens with one attached hydrogen (secondary N) is 1. The molecule has 0 saturated carbocycles. The van der Waals surface area contributed by atoms with Gasteiger partial charge in [0.25, 0.3) is 11.8 Å². The zero-order chi connectivity index (χ0) is 26.3. The van der Waals surface area contributed by atoms with Gasteiger partial charge in [-0.05, 0) is 91.1 Å². The Morgan fingerprint density at radius 2 is 1.76 bits per heavy atom. The molecule has 6 nitrogen and oxygen atoms in total. The van der Waals surface area contributed by atoms with E-state index in [1.54, 1.807) is 0 Å². The molecule has 38 heavy (non-hydrogen) atoms. The molecule has 8 heteroatoms. The van der Waals surface area contributed by atoms with Gasteiger partial charge in [0.2, 0.25) is 0 Å². The lowest BCUT2D eigenvalue weighted by molar-refractivity contribution is 0.0764. The van der Waals surface area contributed by atoms with Crippen molar-refractivity contribution in [3.63, 3.8) is 0 Å². The number of pyridine rings is 1. The van der Waals surface area contributed by atoms with Gasteiger partial charge in [0.05, 0.1) is 16.6 Å². The Hall–Kier alpha value is -3.45. The fraction of sp³-hybridized carbons (Fsp3) is 0.367. The number of nitrogens with zero attached hydrogens (tertiary/aromatic N) is 3. The average Bonchev–Trinajstić information content (AvgIpc) is 3.53. The van der Waals surface area contributed by atoms with Crippen molar-refractivity contribution in [1.82, 2.24) is 15.2 Å². The van der Waals surface area contributed by atoms with Crippen molar-refractivity contribution in [1.29, 1.82) is 0 Å². The molecule has 2 fully saturated rings. The first-order valence-electron chi connectivity index (χ1n) is 13.2. The van der Waals surface area contributed by atoms with Crippen LogP contribution in [0.5, 0.6) is 0 Å². The lowest BCUT2D eigenvalue weighted by atomic mass is 9.77. The van der Waals surface area contributed by atoms with Crippen molar-refractivity contribution in [2.45, 2.75) is 38.1 Å². The molecule has 1 spiro atoms. The van der Waals surface area contributed by atoms with Gasteiger partial charge in [-0.3, -0.25) is 14.6 Å². The summed E-state index contributed by atoms with van der Waals surface area (Å²) in [6, 6.07) is 13.5.